The smallest absolute Gasteiger partial charge is 0.141 e. The summed E-state index contributed by atoms with van der Waals surface area (Å²) in [6.45, 7) is 4.14. The van der Waals surface area contributed by atoms with Crippen LogP contribution in [0.15, 0.2) is 18.2 Å². The van der Waals surface area contributed by atoms with Gasteiger partial charge in [-0.3, -0.25) is 0 Å². The maximum atomic E-state index is 10.2. The number of nitrogens with zero attached hydrogens (tertiary/aromatic N) is 1. The molecule has 1 rings (SSSR count). The second-order valence-electron chi connectivity index (χ2n) is 4.96. The molecular weight excluding hydrogens is 240 g/mol. The lowest BCUT2D eigenvalue weighted by Gasteiger charge is -2.19. The van der Waals surface area contributed by atoms with E-state index in [0.717, 1.165) is 18.7 Å². The molecule has 0 bridgehead atoms. The summed E-state index contributed by atoms with van der Waals surface area (Å²) >= 11 is 0. The van der Waals surface area contributed by atoms with Gasteiger partial charge in [0.25, 0.3) is 0 Å². The minimum atomic E-state index is -0.475. The maximum absolute atomic E-state index is 10.2. The number of anilines is 1. The molecule has 0 spiro atoms. The predicted molar refractivity (Wildman–Crippen MR) is 79.4 cm³/mol. The third-order valence-corrected chi connectivity index (χ3v) is 3.32. The van der Waals surface area contributed by atoms with Crippen molar-refractivity contribution in [2.75, 3.05) is 33.0 Å². The van der Waals surface area contributed by atoms with Crippen molar-refractivity contribution in [1.29, 1.82) is 0 Å². The third-order valence-electron chi connectivity index (χ3n) is 3.32. The van der Waals surface area contributed by atoms with Crippen molar-refractivity contribution in [2.45, 2.75) is 32.3 Å². The number of hydrogen-bond donors (Lipinski definition) is 2. The summed E-state index contributed by atoms with van der Waals surface area (Å²) in [7, 11) is 3.68. The van der Waals surface area contributed by atoms with Crippen LogP contribution in [0.5, 0.6) is 5.75 Å². The molecule has 0 fully saturated rings. The number of nitrogen functional groups attached to an aromatic ring is 1. The summed E-state index contributed by atoms with van der Waals surface area (Å²) in [5.74, 6) is 0.649. The Balaban J connectivity index is 2.49. The number of rotatable bonds is 8. The normalized spacial score (nSPS) is 12.7. The first-order valence-corrected chi connectivity index (χ1v) is 6.88. The van der Waals surface area contributed by atoms with Gasteiger partial charge in [0.1, 0.15) is 5.75 Å². The average molecular weight is 266 g/mol. The number of aliphatic hydroxyl groups excluding tert-OH is 1. The minimum absolute atomic E-state index is 0.475. The van der Waals surface area contributed by atoms with Crippen LogP contribution in [0.25, 0.3) is 0 Å². The van der Waals surface area contributed by atoms with Crippen molar-refractivity contribution >= 4 is 5.69 Å². The summed E-state index contributed by atoms with van der Waals surface area (Å²) in [6.07, 6.45) is 2.63. The summed E-state index contributed by atoms with van der Waals surface area (Å²) in [5.41, 5.74) is 7.26. The summed E-state index contributed by atoms with van der Waals surface area (Å²) < 4.78 is 5.11. The number of methoxy groups -OCH3 is 1. The lowest BCUT2D eigenvalue weighted by atomic mass is 10.1. The van der Waals surface area contributed by atoms with Gasteiger partial charge in [0, 0.05) is 6.54 Å². The molecule has 1 aromatic rings. The molecule has 3 N–H and O–H groups in total. The molecule has 0 aliphatic carbocycles. The van der Waals surface area contributed by atoms with E-state index >= 15 is 0 Å². The fourth-order valence-electron chi connectivity index (χ4n) is 2.01. The second kappa shape index (κ2) is 8.02. The van der Waals surface area contributed by atoms with Crippen LogP contribution in [-0.2, 0) is 0 Å². The van der Waals surface area contributed by atoms with Gasteiger partial charge in [-0.25, -0.2) is 0 Å². The molecule has 0 aromatic heterocycles. The highest BCUT2D eigenvalue weighted by molar-refractivity contribution is 5.54. The molecule has 0 radical (unpaired) electrons. The van der Waals surface area contributed by atoms with E-state index in [-0.39, 0.29) is 0 Å². The van der Waals surface area contributed by atoms with E-state index in [1.165, 1.54) is 12.8 Å². The van der Waals surface area contributed by atoms with Crippen LogP contribution in [0, 0.1) is 0 Å². The molecule has 0 saturated carbocycles. The van der Waals surface area contributed by atoms with Gasteiger partial charge in [0.05, 0.1) is 18.9 Å². The van der Waals surface area contributed by atoms with E-state index in [9.17, 15) is 5.11 Å². The Morgan fingerprint density at radius 3 is 2.68 bits per heavy atom. The van der Waals surface area contributed by atoms with Gasteiger partial charge >= 0.3 is 0 Å². The predicted octanol–water partition coefficient (Wildman–Crippen LogP) is 2.43. The van der Waals surface area contributed by atoms with Gasteiger partial charge in [-0.15, -0.1) is 0 Å². The van der Waals surface area contributed by atoms with E-state index in [0.29, 0.717) is 17.9 Å². The highest BCUT2D eigenvalue weighted by Crippen LogP contribution is 2.26. The molecule has 0 amide bonds. The Morgan fingerprint density at radius 2 is 2.11 bits per heavy atom. The molecule has 4 heteroatoms. The number of nitrogens with two attached hydrogens (primary N) is 1. The van der Waals surface area contributed by atoms with E-state index < -0.39 is 6.10 Å². The summed E-state index contributed by atoms with van der Waals surface area (Å²) in [5, 5.41) is 10.2. The van der Waals surface area contributed by atoms with Crippen LogP contribution in [0.2, 0.25) is 0 Å². The van der Waals surface area contributed by atoms with Crippen molar-refractivity contribution in [3.05, 3.63) is 23.8 Å². The maximum Gasteiger partial charge on any atom is 0.141 e. The van der Waals surface area contributed by atoms with Gasteiger partial charge in [-0.1, -0.05) is 19.4 Å². The number of ether oxygens (including phenoxy) is 1. The van der Waals surface area contributed by atoms with Crippen molar-refractivity contribution < 1.29 is 9.84 Å². The van der Waals surface area contributed by atoms with Gasteiger partial charge in [-0.05, 0) is 44.1 Å². The van der Waals surface area contributed by atoms with Crippen LogP contribution < -0.4 is 10.5 Å². The van der Waals surface area contributed by atoms with Gasteiger partial charge in [0.2, 0.25) is 0 Å². The van der Waals surface area contributed by atoms with Crippen molar-refractivity contribution in [3.63, 3.8) is 0 Å². The highest BCUT2D eigenvalue weighted by Gasteiger charge is 2.11. The molecule has 4 nitrogen and oxygen atoms in total. The zero-order chi connectivity index (χ0) is 14.3. The lowest BCUT2D eigenvalue weighted by molar-refractivity contribution is 0.149. The van der Waals surface area contributed by atoms with E-state index in [1.807, 2.05) is 6.07 Å². The number of hydrogen-bond acceptors (Lipinski definition) is 4. The molecule has 0 saturated heterocycles. The molecule has 19 heavy (non-hydrogen) atoms. The molecule has 0 heterocycles. The number of unbranched alkanes of at least 4 members (excludes halogenated alkanes) is 1. The summed E-state index contributed by atoms with van der Waals surface area (Å²) in [4.78, 5) is 2.25. The SMILES string of the molecule is CCCCN(C)CCC(O)c1ccc(OC)c(N)c1. The molecule has 1 atom stereocenters. The van der Waals surface area contributed by atoms with Gasteiger partial charge < -0.3 is 20.5 Å². The number of aliphatic hydroxyl groups is 1. The monoisotopic (exact) mass is 266 g/mol. The first kappa shape index (κ1) is 15.8. The van der Waals surface area contributed by atoms with Crippen molar-refractivity contribution in [3.8, 4) is 5.75 Å². The van der Waals surface area contributed by atoms with Gasteiger partial charge in [0.15, 0.2) is 0 Å². The van der Waals surface area contributed by atoms with Crippen molar-refractivity contribution in [1.82, 2.24) is 4.90 Å². The second-order valence-corrected chi connectivity index (χ2v) is 4.96. The summed E-state index contributed by atoms with van der Waals surface area (Å²) in [6, 6.07) is 5.45. The Labute approximate surface area is 116 Å². The quantitative estimate of drug-likeness (QED) is 0.710. The third kappa shape index (κ3) is 5.09. The lowest BCUT2D eigenvalue weighted by Crippen LogP contribution is -2.22. The zero-order valence-corrected chi connectivity index (χ0v) is 12.2. The minimum Gasteiger partial charge on any atom is -0.495 e. The molecular formula is C15H26N2O2. The fraction of sp³-hybridized carbons (Fsp3) is 0.600. The first-order chi connectivity index (χ1) is 9.08. The van der Waals surface area contributed by atoms with Gasteiger partial charge in [-0.2, -0.15) is 0 Å². The molecule has 1 unspecified atom stereocenters. The van der Waals surface area contributed by atoms with E-state index in [4.69, 9.17) is 10.5 Å². The van der Waals surface area contributed by atoms with E-state index in [1.54, 1.807) is 19.2 Å². The Morgan fingerprint density at radius 1 is 1.37 bits per heavy atom. The Bertz CT molecular complexity index is 382. The highest BCUT2D eigenvalue weighted by atomic mass is 16.5. The Kier molecular flexibility index (Phi) is 6.67. The van der Waals surface area contributed by atoms with Crippen LogP contribution in [0.3, 0.4) is 0 Å². The average Bonchev–Trinajstić information content (AvgIpc) is 2.42. The standard InChI is InChI=1S/C15H26N2O2/c1-4-5-9-17(2)10-8-14(18)12-6-7-15(19-3)13(16)11-12/h6-7,11,14,18H,4-5,8-10,16H2,1-3H3. The van der Waals surface area contributed by atoms with E-state index in [2.05, 4.69) is 18.9 Å². The van der Waals surface area contributed by atoms with Crippen LogP contribution in [0.1, 0.15) is 37.9 Å². The Hall–Kier alpha value is -1.26. The topological polar surface area (TPSA) is 58.7 Å². The largest absolute Gasteiger partial charge is 0.495 e. The number of benzene rings is 1. The molecule has 0 aliphatic rings. The zero-order valence-electron chi connectivity index (χ0n) is 12.2. The van der Waals surface area contributed by atoms with Crippen LogP contribution in [-0.4, -0.2) is 37.3 Å². The molecule has 0 aliphatic heterocycles. The van der Waals surface area contributed by atoms with Crippen LogP contribution >= 0.6 is 0 Å². The first-order valence-electron chi connectivity index (χ1n) is 6.88. The molecule has 1 aromatic carbocycles. The molecule has 108 valence electrons. The van der Waals surface area contributed by atoms with Crippen LogP contribution in [0.4, 0.5) is 5.69 Å². The van der Waals surface area contributed by atoms with Crippen molar-refractivity contribution in [2.24, 2.45) is 0 Å². The fourth-order valence-corrected chi connectivity index (χ4v) is 2.01.